The Hall–Kier alpha value is -2.89. The van der Waals surface area contributed by atoms with Crippen molar-refractivity contribution in [2.75, 3.05) is 6.61 Å². The molecule has 1 fully saturated rings. The second-order valence-electron chi connectivity index (χ2n) is 6.78. The van der Waals surface area contributed by atoms with Crippen LogP contribution in [-0.4, -0.2) is 17.5 Å². The summed E-state index contributed by atoms with van der Waals surface area (Å²) in [5.41, 5.74) is 2.03. The highest BCUT2D eigenvalue weighted by Gasteiger charge is 2.15. The van der Waals surface area contributed by atoms with E-state index in [1.807, 2.05) is 12.1 Å². The Kier molecular flexibility index (Phi) is 6.41. The van der Waals surface area contributed by atoms with Crippen LogP contribution < -0.4 is 4.74 Å². The second kappa shape index (κ2) is 9.16. The van der Waals surface area contributed by atoms with Gasteiger partial charge in [-0.05, 0) is 54.2 Å². The number of carbonyl (C=O) groups is 1. The van der Waals surface area contributed by atoms with E-state index in [1.54, 1.807) is 12.1 Å². The molecule has 0 saturated heterocycles. The summed E-state index contributed by atoms with van der Waals surface area (Å²) in [7, 11) is 0. The number of hydrogen-bond donors (Lipinski definition) is 0. The van der Waals surface area contributed by atoms with Crippen LogP contribution in [0.1, 0.15) is 49.1 Å². The number of esters is 1. The fourth-order valence-electron chi connectivity index (χ4n) is 3.33. The maximum absolute atomic E-state index is 11.8. The SMILES string of the molecule is O=C(COc1ccc(C2CCCCC2)cc1)OCc1ccc([N+](=O)[O-])cc1. The first kappa shape index (κ1) is 18.9. The van der Waals surface area contributed by atoms with E-state index >= 15 is 0 Å². The Labute approximate surface area is 158 Å². The molecule has 0 atom stereocenters. The molecule has 0 aromatic heterocycles. The molecule has 0 aliphatic heterocycles. The Bertz CT molecular complexity index is 764. The lowest BCUT2D eigenvalue weighted by molar-refractivity contribution is -0.384. The molecule has 0 N–H and O–H groups in total. The quantitative estimate of drug-likeness (QED) is 0.399. The number of carbonyl (C=O) groups excluding carboxylic acids is 1. The summed E-state index contributed by atoms with van der Waals surface area (Å²) < 4.78 is 10.6. The average Bonchev–Trinajstić information content (AvgIpc) is 2.72. The van der Waals surface area contributed by atoms with E-state index in [0.717, 1.165) is 0 Å². The van der Waals surface area contributed by atoms with E-state index in [4.69, 9.17) is 9.47 Å². The van der Waals surface area contributed by atoms with Crippen molar-refractivity contribution in [1.29, 1.82) is 0 Å². The van der Waals surface area contributed by atoms with Crippen LogP contribution in [0.15, 0.2) is 48.5 Å². The lowest BCUT2D eigenvalue weighted by atomic mass is 9.84. The number of rotatable bonds is 7. The van der Waals surface area contributed by atoms with Gasteiger partial charge in [-0.25, -0.2) is 4.79 Å². The molecule has 142 valence electrons. The second-order valence-corrected chi connectivity index (χ2v) is 6.78. The predicted molar refractivity (Wildman–Crippen MR) is 101 cm³/mol. The third-order valence-corrected chi connectivity index (χ3v) is 4.86. The van der Waals surface area contributed by atoms with Gasteiger partial charge in [0.15, 0.2) is 6.61 Å². The molecule has 2 aromatic carbocycles. The van der Waals surface area contributed by atoms with Crippen molar-refractivity contribution in [2.24, 2.45) is 0 Å². The van der Waals surface area contributed by atoms with E-state index in [1.165, 1.54) is 49.8 Å². The van der Waals surface area contributed by atoms with Gasteiger partial charge >= 0.3 is 5.97 Å². The van der Waals surface area contributed by atoms with Gasteiger partial charge in [-0.15, -0.1) is 0 Å². The molecule has 1 aliphatic rings. The fourth-order valence-corrected chi connectivity index (χ4v) is 3.33. The zero-order valence-corrected chi connectivity index (χ0v) is 15.1. The number of benzene rings is 2. The van der Waals surface area contributed by atoms with Gasteiger partial charge in [-0.1, -0.05) is 31.4 Å². The zero-order valence-electron chi connectivity index (χ0n) is 15.1. The molecule has 0 amide bonds. The minimum Gasteiger partial charge on any atom is -0.482 e. The summed E-state index contributed by atoms with van der Waals surface area (Å²) in [5, 5.41) is 10.6. The van der Waals surface area contributed by atoms with Crippen LogP contribution in [0.4, 0.5) is 5.69 Å². The highest BCUT2D eigenvalue weighted by molar-refractivity contribution is 5.71. The number of nitro groups is 1. The minimum absolute atomic E-state index is 0.00471. The first-order chi connectivity index (χ1) is 13.1. The Morgan fingerprint density at radius 2 is 1.67 bits per heavy atom. The van der Waals surface area contributed by atoms with Gasteiger partial charge in [-0.3, -0.25) is 10.1 Å². The lowest BCUT2D eigenvalue weighted by Crippen LogP contribution is -2.14. The van der Waals surface area contributed by atoms with E-state index in [0.29, 0.717) is 17.2 Å². The van der Waals surface area contributed by atoms with Crippen molar-refractivity contribution in [3.8, 4) is 5.75 Å². The highest BCUT2D eigenvalue weighted by atomic mass is 16.6. The van der Waals surface area contributed by atoms with Gasteiger partial charge in [-0.2, -0.15) is 0 Å². The Morgan fingerprint density at radius 1 is 1.00 bits per heavy atom. The summed E-state index contributed by atoms with van der Waals surface area (Å²) in [6.45, 7) is -0.115. The highest BCUT2D eigenvalue weighted by Crippen LogP contribution is 2.33. The maximum Gasteiger partial charge on any atom is 0.344 e. The molecule has 0 bridgehead atoms. The molecule has 6 heteroatoms. The molecule has 0 heterocycles. The molecular formula is C21H23NO5. The third-order valence-electron chi connectivity index (χ3n) is 4.86. The molecule has 0 spiro atoms. The van der Waals surface area contributed by atoms with E-state index in [2.05, 4.69) is 12.1 Å². The van der Waals surface area contributed by atoms with Crippen LogP contribution in [0.2, 0.25) is 0 Å². The van der Waals surface area contributed by atoms with Gasteiger partial charge < -0.3 is 9.47 Å². The monoisotopic (exact) mass is 369 g/mol. The van der Waals surface area contributed by atoms with Crippen molar-refractivity contribution in [1.82, 2.24) is 0 Å². The molecule has 0 unspecified atom stereocenters. The standard InChI is InChI=1S/C21H23NO5/c23-21(27-14-16-6-10-19(11-7-16)22(24)25)15-26-20-12-8-18(9-13-20)17-4-2-1-3-5-17/h6-13,17H,1-5,14-15H2. The van der Waals surface area contributed by atoms with Crippen LogP contribution in [0, 0.1) is 10.1 Å². The number of nitro benzene ring substituents is 1. The topological polar surface area (TPSA) is 78.7 Å². The number of non-ortho nitro benzene ring substituents is 1. The van der Waals surface area contributed by atoms with Crippen LogP contribution in [0.5, 0.6) is 5.75 Å². The summed E-state index contributed by atoms with van der Waals surface area (Å²) in [6.07, 6.45) is 6.41. The van der Waals surface area contributed by atoms with Crippen molar-refractivity contribution >= 4 is 11.7 Å². The molecule has 1 aliphatic carbocycles. The average molecular weight is 369 g/mol. The normalized spacial score (nSPS) is 14.5. The molecule has 27 heavy (non-hydrogen) atoms. The number of hydrogen-bond acceptors (Lipinski definition) is 5. The molecule has 0 radical (unpaired) electrons. The van der Waals surface area contributed by atoms with Gasteiger partial charge in [0.25, 0.3) is 5.69 Å². The molecular weight excluding hydrogens is 346 g/mol. The summed E-state index contributed by atoms with van der Waals surface area (Å²) >= 11 is 0. The van der Waals surface area contributed by atoms with Gasteiger partial charge in [0.2, 0.25) is 0 Å². The molecule has 3 rings (SSSR count). The largest absolute Gasteiger partial charge is 0.482 e. The summed E-state index contributed by atoms with van der Waals surface area (Å²) in [6, 6.07) is 13.8. The van der Waals surface area contributed by atoms with Gasteiger partial charge in [0, 0.05) is 12.1 Å². The lowest BCUT2D eigenvalue weighted by Gasteiger charge is -2.22. The van der Waals surface area contributed by atoms with Crippen molar-refractivity contribution in [3.05, 3.63) is 69.8 Å². The zero-order chi connectivity index (χ0) is 19.1. The van der Waals surface area contributed by atoms with Gasteiger partial charge in [0.1, 0.15) is 12.4 Å². The number of nitrogens with zero attached hydrogens (tertiary/aromatic N) is 1. The molecule has 1 saturated carbocycles. The van der Waals surface area contributed by atoms with Crippen molar-refractivity contribution in [2.45, 2.75) is 44.6 Å². The van der Waals surface area contributed by atoms with E-state index in [-0.39, 0.29) is 18.9 Å². The Morgan fingerprint density at radius 3 is 2.30 bits per heavy atom. The number of ether oxygens (including phenoxy) is 2. The van der Waals surface area contributed by atoms with Crippen molar-refractivity contribution < 1.29 is 19.2 Å². The van der Waals surface area contributed by atoms with Crippen LogP contribution in [-0.2, 0) is 16.1 Å². The first-order valence-corrected chi connectivity index (χ1v) is 9.23. The molecule has 6 nitrogen and oxygen atoms in total. The Balaban J connectivity index is 1.42. The third kappa shape index (κ3) is 5.54. The van der Waals surface area contributed by atoms with E-state index in [9.17, 15) is 14.9 Å². The van der Waals surface area contributed by atoms with Crippen molar-refractivity contribution in [3.63, 3.8) is 0 Å². The fraction of sp³-hybridized carbons (Fsp3) is 0.381. The predicted octanol–water partition coefficient (Wildman–Crippen LogP) is 4.76. The minimum atomic E-state index is -0.482. The summed E-state index contributed by atoms with van der Waals surface area (Å²) in [5.74, 6) is 0.797. The smallest absolute Gasteiger partial charge is 0.344 e. The van der Waals surface area contributed by atoms with Crippen LogP contribution in [0.25, 0.3) is 0 Å². The van der Waals surface area contributed by atoms with Gasteiger partial charge in [0.05, 0.1) is 4.92 Å². The first-order valence-electron chi connectivity index (χ1n) is 9.23. The maximum atomic E-state index is 11.8. The summed E-state index contributed by atoms with van der Waals surface area (Å²) in [4.78, 5) is 22.0. The molecule has 2 aromatic rings. The van der Waals surface area contributed by atoms with Crippen LogP contribution >= 0.6 is 0 Å². The van der Waals surface area contributed by atoms with Crippen LogP contribution in [0.3, 0.4) is 0 Å². The van der Waals surface area contributed by atoms with E-state index < -0.39 is 10.9 Å².